The molecule has 1 atom stereocenters. The van der Waals surface area contributed by atoms with E-state index >= 15 is 0 Å². The fourth-order valence-electron chi connectivity index (χ4n) is 3.22. The van der Waals surface area contributed by atoms with Crippen LogP contribution in [0.1, 0.15) is 43.8 Å². The van der Waals surface area contributed by atoms with Crippen molar-refractivity contribution in [2.45, 2.75) is 51.5 Å². The van der Waals surface area contributed by atoms with Crippen molar-refractivity contribution >= 4 is 0 Å². The molecule has 1 aromatic rings. The lowest BCUT2D eigenvalue weighted by Gasteiger charge is -2.23. The predicted octanol–water partition coefficient (Wildman–Crippen LogP) is 1.57. The summed E-state index contributed by atoms with van der Waals surface area (Å²) in [6.07, 6.45) is 8.58. The van der Waals surface area contributed by atoms with Gasteiger partial charge in [-0.15, -0.1) is 10.2 Å². The first kappa shape index (κ1) is 11.2. The highest BCUT2D eigenvalue weighted by Crippen LogP contribution is 2.29. The molecule has 0 spiro atoms. The van der Waals surface area contributed by atoms with E-state index in [1.54, 1.807) is 0 Å². The SMILES string of the molecule is OCC1CCc2nnc(CC3CCCC3)n2C1. The first-order chi connectivity index (χ1) is 8.36. The van der Waals surface area contributed by atoms with Gasteiger partial charge < -0.3 is 9.67 Å². The minimum Gasteiger partial charge on any atom is -0.396 e. The van der Waals surface area contributed by atoms with Gasteiger partial charge in [0.05, 0.1) is 0 Å². The number of rotatable bonds is 3. The molecule has 3 rings (SSSR count). The van der Waals surface area contributed by atoms with Gasteiger partial charge in [0.25, 0.3) is 0 Å². The first-order valence-corrected chi connectivity index (χ1v) is 6.88. The number of aliphatic hydroxyl groups is 1. The molecule has 0 amide bonds. The number of aliphatic hydroxyl groups excluding tert-OH is 1. The van der Waals surface area contributed by atoms with Crippen LogP contribution in [0.3, 0.4) is 0 Å². The third-order valence-electron chi connectivity index (χ3n) is 4.33. The van der Waals surface area contributed by atoms with Crippen molar-refractivity contribution in [2.24, 2.45) is 11.8 Å². The second kappa shape index (κ2) is 4.77. The first-order valence-electron chi connectivity index (χ1n) is 6.88. The van der Waals surface area contributed by atoms with Crippen LogP contribution in [0.15, 0.2) is 0 Å². The molecule has 1 saturated carbocycles. The largest absolute Gasteiger partial charge is 0.396 e. The maximum absolute atomic E-state index is 9.28. The minimum atomic E-state index is 0.292. The molecule has 0 saturated heterocycles. The molecular formula is C13H21N3O. The quantitative estimate of drug-likeness (QED) is 0.865. The zero-order chi connectivity index (χ0) is 11.7. The molecule has 4 nitrogen and oxygen atoms in total. The van der Waals surface area contributed by atoms with Crippen molar-refractivity contribution in [3.8, 4) is 0 Å². The lowest BCUT2D eigenvalue weighted by Crippen LogP contribution is -2.24. The lowest BCUT2D eigenvalue weighted by molar-refractivity contribution is 0.189. The number of hydrogen-bond acceptors (Lipinski definition) is 3. The predicted molar refractivity (Wildman–Crippen MR) is 64.6 cm³/mol. The summed E-state index contributed by atoms with van der Waals surface area (Å²) in [5.74, 6) is 3.51. The van der Waals surface area contributed by atoms with Gasteiger partial charge in [0.2, 0.25) is 0 Å². The molecule has 1 fully saturated rings. The van der Waals surface area contributed by atoms with E-state index in [-0.39, 0.29) is 0 Å². The topological polar surface area (TPSA) is 50.9 Å². The molecule has 2 heterocycles. The number of hydrogen-bond donors (Lipinski definition) is 1. The summed E-state index contributed by atoms with van der Waals surface area (Å²) in [6, 6.07) is 0. The van der Waals surface area contributed by atoms with Gasteiger partial charge in [-0.2, -0.15) is 0 Å². The molecule has 1 N–H and O–H groups in total. The van der Waals surface area contributed by atoms with Crippen LogP contribution in [0.4, 0.5) is 0 Å². The van der Waals surface area contributed by atoms with Crippen molar-refractivity contribution in [2.75, 3.05) is 6.61 Å². The summed E-state index contributed by atoms with van der Waals surface area (Å²) in [5.41, 5.74) is 0. The molecule has 1 aliphatic carbocycles. The van der Waals surface area contributed by atoms with E-state index in [1.807, 2.05) is 0 Å². The van der Waals surface area contributed by atoms with E-state index in [0.717, 1.165) is 43.4 Å². The van der Waals surface area contributed by atoms with E-state index in [1.165, 1.54) is 25.7 Å². The number of nitrogens with zero attached hydrogens (tertiary/aromatic N) is 3. The van der Waals surface area contributed by atoms with Crippen molar-refractivity contribution in [1.82, 2.24) is 14.8 Å². The summed E-state index contributed by atoms with van der Waals surface area (Å²) in [5, 5.41) is 17.9. The van der Waals surface area contributed by atoms with Gasteiger partial charge in [0, 0.05) is 31.9 Å². The van der Waals surface area contributed by atoms with Crippen molar-refractivity contribution in [3.05, 3.63) is 11.6 Å². The second-order valence-corrected chi connectivity index (χ2v) is 5.58. The molecule has 2 aliphatic rings. The van der Waals surface area contributed by atoms with E-state index in [2.05, 4.69) is 14.8 Å². The lowest BCUT2D eigenvalue weighted by atomic mass is 9.99. The Balaban J connectivity index is 1.74. The van der Waals surface area contributed by atoms with E-state index in [0.29, 0.717) is 12.5 Å². The Labute approximate surface area is 102 Å². The number of aryl methyl sites for hydroxylation is 1. The number of fused-ring (bicyclic) bond motifs is 1. The van der Waals surface area contributed by atoms with Crippen LogP contribution in [0.2, 0.25) is 0 Å². The van der Waals surface area contributed by atoms with Crippen molar-refractivity contribution in [1.29, 1.82) is 0 Å². The van der Waals surface area contributed by atoms with Gasteiger partial charge in [0.1, 0.15) is 11.6 Å². The molecule has 94 valence electrons. The van der Waals surface area contributed by atoms with Crippen LogP contribution in [-0.2, 0) is 19.4 Å². The molecular weight excluding hydrogens is 214 g/mol. The summed E-state index contributed by atoms with van der Waals surface area (Å²) < 4.78 is 2.27. The van der Waals surface area contributed by atoms with E-state index in [4.69, 9.17) is 0 Å². The summed E-state index contributed by atoms with van der Waals surface area (Å²) in [4.78, 5) is 0. The highest BCUT2D eigenvalue weighted by Gasteiger charge is 2.24. The van der Waals surface area contributed by atoms with Crippen molar-refractivity contribution in [3.63, 3.8) is 0 Å². The van der Waals surface area contributed by atoms with Crippen molar-refractivity contribution < 1.29 is 5.11 Å². The maximum atomic E-state index is 9.28. The Hall–Kier alpha value is -0.900. The van der Waals surface area contributed by atoms with Gasteiger partial charge in [-0.1, -0.05) is 25.7 Å². The van der Waals surface area contributed by atoms with Gasteiger partial charge in [-0.3, -0.25) is 0 Å². The Bertz CT molecular complexity index is 382. The third-order valence-corrected chi connectivity index (χ3v) is 4.33. The molecule has 17 heavy (non-hydrogen) atoms. The number of aromatic nitrogens is 3. The van der Waals surface area contributed by atoms with Crippen LogP contribution in [-0.4, -0.2) is 26.5 Å². The smallest absolute Gasteiger partial charge is 0.133 e. The highest BCUT2D eigenvalue weighted by atomic mass is 16.3. The molecule has 0 bridgehead atoms. The van der Waals surface area contributed by atoms with Gasteiger partial charge >= 0.3 is 0 Å². The van der Waals surface area contributed by atoms with Gasteiger partial charge in [-0.25, -0.2) is 0 Å². The summed E-state index contributed by atoms with van der Waals surface area (Å²) in [7, 11) is 0. The molecule has 1 aromatic heterocycles. The molecule has 1 aliphatic heterocycles. The summed E-state index contributed by atoms with van der Waals surface area (Å²) >= 11 is 0. The monoisotopic (exact) mass is 235 g/mol. The Morgan fingerprint density at radius 3 is 2.71 bits per heavy atom. The standard InChI is InChI=1S/C13H21N3O/c17-9-11-5-6-12-14-15-13(16(12)8-11)7-10-3-1-2-4-10/h10-11,17H,1-9H2. The molecule has 0 aromatic carbocycles. The molecule has 4 heteroatoms. The van der Waals surface area contributed by atoms with E-state index in [9.17, 15) is 5.11 Å². The van der Waals surface area contributed by atoms with Crippen LogP contribution in [0, 0.1) is 11.8 Å². The minimum absolute atomic E-state index is 0.292. The molecule has 1 unspecified atom stereocenters. The van der Waals surface area contributed by atoms with Crippen LogP contribution in [0.25, 0.3) is 0 Å². The average molecular weight is 235 g/mol. The fourth-order valence-corrected chi connectivity index (χ4v) is 3.22. The fraction of sp³-hybridized carbons (Fsp3) is 0.846. The van der Waals surface area contributed by atoms with E-state index < -0.39 is 0 Å². The zero-order valence-electron chi connectivity index (χ0n) is 10.3. The Kier molecular flexibility index (Phi) is 3.14. The van der Waals surface area contributed by atoms with Gasteiger partial charge in [0.15, 0.2) is 0 Å². The normalized spacial score (nSPS) is 25.1. The molecule has 0 radical (unpaired) electrons. The zero-order valence-corrected chi connectivity index (χ0v) is 10.3. The van der Waals surface area contributed by atoms with Crippen LogP contribution in [0.5, 0.6) is 0 Å². The Morgan fingerprint density at radius 1 is 1.12 bits per heavy atom. The Morgan fingerprint density at radius 2 is 1.94 bits per heavy atom. The average Bonchev–Trinajstić information content (AvgIpc) is 2.99. The highest BCUT2D eigenvalue weighted by molar-refractivity contribution is 5.01. The van der Waals surface area contributed by atoms with Crippen LogP contribution < -0.4 is 0 Å². The van der Waals surface area contributed by atoms with Crippen LogP contribution >= 0.6 is 0 Å². The summed E-state index contributed by atoms with van der Waals surface area (Å²) in [6.45, 7) is 1.21. The van der Waals surface area contributed by atoms with Gasteiger partial charge in [-0.05, 0) is 12.3 Å². The second-order valence-electron chi connectivity index (χ2n) is 5.58. The third kappa shape index (κ3) is 2.23. The maximum Gasteiger partial charge on any atom is 0.133 e.